The number of H-pyrrole nitrogens is 1. The van der Waals surface area contributed by atoms with Crippen LogP contribution in [0.5, 0.6) is 5.75 Å². The number of ether oxygens (including phenoxy) is 1. The third-order valence-corrected chi connectivity index (χ3v) is 7.79. The summed E-state index contributed by atoms with van der Waals surface area (Å²) in [6, 6.07) is 15.6. The molecule has 0 bridgehead atoms. The van der Waals surface area contributed by atoms with Crippen LogP contribution in [0.25, 0.3) is 21.8 Å². The molecule has 0 unspecified atom stereocenters. The van der Waals surface area contributed by atoms with Crippen molar-refractivity contribution in [3.63, 3.8) is 0 Å². The Kier molecular flexibility index (Phi) is 8.30. The standard InChI is InChI=1S/C24H24N4O4S.C2HF3O2/c1-32-19-5-3-17-4-6-20(14-18(17)13-19)33(30,31)27-22-9-11-28(24(22)29)10-8-16-2-7-21-23(12-16)26-15-25-21;3-2(4,5)1(6)7/h2-7,12-15,22,27H,8-11H2,1H3,(H,25,26);(H,6,7)/t22-;/m0./s1. The predicted octanol–water partition coefficient (Wildman–Crippen LogP) is 3.48. The highest BCUT2D eigenvalue weighted by Gasteiger charge is 2.38. The van der Waals surface area contributed by atoms with Crippen molar-refractivity contribution in [2.75, 3.05) is 20.2 Å². The highest BCUT2D eigenvalue weighted by Crippen LogP contribution is 2.25. The van der Waals surface area contributed by atoms with Gasteiger partial charge >= 0.3 is 12.1 Å². The number of rotatable bonds is 7. The number of carbonyl (C=O) groups is 2. The summed E-state index contributed by atoms with van der Waals surface area (Å²) in [6.07, 6.45) is -2.30. The fraction of sp³-hybridized carbons (Fsp3) is 0.269. The van der Waals surface area contributed by atoms with Crippen LogP contribution in [-0.4, -0.2) is 72.7 Å². The first-order valence-corrected chi connectivity index (χ1v) is 13.5. The molecule has 1 atom stereocenters. The number of benzene rings is 3. The molecule has 4 aromatic rings. The molecule has 0 aliphatic carbocycles. The number of carboxylic acids is 1. The Morgan fingerprint density at radius 3 is 2.58 bits per heavy atom. The summed E-state index contributed by atoms with van der Waals surface area (Å²) in [5.41, 5.74) is 2.95. The fourth-order valence-corrected chi connectivity index (χ4v) is 5.48. The number of aromatic amines is 1. The lowest BCUT2D eigenvalue weighted by Crippen LogP contribution is -2.41. The molecule has 5 rings (SSSR count). The normalized spacial score (nSPS) is 15.8. The van der Waals surface area contributed by atoms with Gasteiger partial charge in [0.2, 0.25) is 15.9 Å². The van der Waals surface area contributed by atoms with Crippen LogP contribution in [0.1, 0.15) is 12.0 Å². The Morgan fingerprint density at radius 1 is 1.15 bits per heavy atom. The van der Waals surface area contributed by atoms with Crippen LogP contribution in [0.2, 0.25) is 0 Å². The summed E-state index contributed by atoms with van der Waals surface area (Å²) in [6.45, 7) is 1.06. The minimum atomic E-state index is -5.08. The van der Waals surface area contributed by atoms with Crippen molar-refractivity contribution in [3.05, 3.63) is 66.5 Å². The molecule has 1 amide bonds. The van der Waals surface area contributed by atoms with Gasteiger partial charge in [-0.3, -0.25) is 4.79 Å². The van der Waals surface area contributed by atoms with Gasteiger partial charge < -0.3 is 19.7 Å². The summed E-state index contributed by atoms with van der Waals surface area (Å²) in [5, 5.41) is 8.79. The number of hydrogen-bond donors (Lipinski definition) is 3. The Bertz CT molecular complexity index is 1660. The first-order valence-electron chi connectivity index (χ1n) is 12.0. The van der Waals surface area contributed by atoms with Gasteiger partial charge in [-0.1, -0.05) is 18.2 Å². The van der Waals surface area contributed by atoms with E-state index < -0.39 is 28.2 Å². The zero-order valence-electron chi connectivity index (χ0n) is 21.1. The summed E-state index contributed by atoms with van der Waals surface area (Å²) < 4.78 is 65.6. The van der Waals surface area contributed by atoms with E-state index >= 15 is 0 Å². The van der Waals surface area contributed by atoms with Crippen LogP contribution in [0, 0.1) is 0 Å². The zero-order chi connectivity index (χ0) is 29.1. The van der Waals surface area contributed by atoms with Crippen LogP contribution in [0.3, 0.4) is 0 Å². The topological polar surface area (TPSA) is 142 Å². The zero-order valence-corrected chi connectivity index (χ0v) is 21.9. The number of nitrogens with one attached hydrogen (secondary N) is 2. The second kappa shape index (κ2) is 11.5. The molecule has 1 aliphatic rings. The molecular formula is C26H25F3N4O6S. The third kappa shape index (κ3) is 6.69. The molecule has 1 aromatic heterocycles. The number of halogens is 3. The van der Waals surface area contributed by atoms with Crippen molar-refractivity contribution in [1.82, 2.24) is 19.6 Å². The number of imidazole rings is 1. The SMILES string of the molecule is COc1ccc2ccc(S(=O)(=O)N[C@H]3CCN(CCc4ccc5nc[nH]c5c4)C3=O)cc2c1.O=C(O)C(F)(F)F. The number of carboxylic acid groups (broad SMARTS) is 1. The van der Waals surface area contributed by atoms with Gasteiger partial charge in [-0.05, 0) is 65.6 Å². The number of amides is 1. The number of sulfonamides is 1. The van der Waals surface area contributed by atoms with E-state index in [-0.39, 0.29) is 10.8 Å². The van der Waals surface area contributed by atoms with Gasteiger partial charge in [0.1, 0.15) is 11.8 Å². The van der Waals surface area contributed by atoms with Crippen molar-refractivity contribution in [1.29, 1.82) is 0 Å². The number of fused-ring (bicyclic) bond motifs is 2. The average Bonchev–Trinajstić information content (AvgIpc) is 3.52. The quantitative estimate of drug-likeness (QED) is 0.305. The Labute approximate surface area is 226 Å². The van der Waals surface area contributed by atoms with Crippen molar-refractivity contribution < 1.29 is 41.0 Å². The minimum Gasteiger partial charge on any atom is -0.497 e. The summed E-state index contributed by atoms with van der Waals surface area (Å²) in [4.78, 5) is 30.9. The monoisotopic (exact) mass is 578 g/mol. The molecule has 40 heavy (non-hydrogen) atoms. The highest BCUT2D eigenvalue weighted by molar-refractivity contribution is 7.89. The lowest BCUT2D eigenvalue weighted by molar-refractivity contribution is -0.192. The molecule has 0 radical (unpaired) electrons. The number of alkyl halides is 3. The number of methoxy groups -OCH3 is 1. The van der Waals surface area contributed by atoms with E-state index in [1.165, 1.54) is 0 Å². The maximum Gasteiger partial charge on any atom is 0.490 e. The van der Waals surface area contributed by atoms with Gasteiger partial charge in [-0.25, -0.2) is 18.2 Å². The molecule has 0 saturated carbocycles. The van der Waals surface area contributed by atoms with Gasteiger partial charge in [0, 0.05) is 13.1 Å². The van der Waals surface area contributed by atoms with E-state index in [9.17, 15) is 26.4 Å². The maximum absolute atomic E-state index is 13.0. The number of hydrogen-bond acceptors (Lipinski definition) is 6. The molecule has 0 spiro atoms. The van der Waals surface area contributed by atoms with Crippen molar-refractivity contribution in [2.45, 2.75) is 30.0 Å². The van der Waals surface area contributed by atoms with Gasteiger partial charge in [-0.15, -0.1) is 0 Å². The van der Waals surface area contributed by atoms with Gasteiger partial charge in [0.05, 0.1) is 29.4 Å². The predicted molar refractivity (Wildman–Crippen MR) is 139 cm³/mol. The van der Waals surface area contributed by atoms with Crippen molar-refractivity contribution in [3.8, 4) is 5.75 Å². The molecule has 1 saturated heterocycles. The van der Waals surface area contributed by atoms with Crippen LogP contribution in [-0.2, 0) is 26.0 Å². The number of aliphatic carboxylic acids is 1. The molecule has 3 aromatic carbocycles. The molecular weight excluding hydrogens is 553 g/mol. The fourth-order valence-electron chi connectivity index (χ4n) is 4.22. The molecule has 2 heterocycles. The number of nitrogens with zero attached hydrogens (tertiary/aromatic N) is 2. The molecule has 3 N–H and O–H groups in total. The smallest absolute Gasteiger partial charge is 0.490 e. The highest BCUT2D eigenvalue weighted by atomic mass is 32.2. The molecule has 212 valence electrons. The number of aromatic nitrogens is 2. The van der Waals surface area contributed by atoms with E-state index in [1.54, 1.807) is 42.6 Å². The van der Waals surface area contributed by atoms with Gasteiger partial charge in [0.25, 0.3) is 0 Å². The maximum atomic E-state index is 13.0. The minimum absolute atomic E-state index is 0.127. The number of likely N-dealkylation sites (tertiary alicyclic amines) is 1. The van der Waals surface area contributed by atoms with Crippen LogP contribution < -0.4 is 9.46 Å². The van der Waals surface area contributed by atoms with Crippen LogP contribution in [0.4, 0.5) is 13.2 Å². The van der Waals surface area contributed by atoms with E-state index in [1.807, 2.05) is 30.3 Å². The summed E-state index contributed by atoms with van der Waals surface area (Å²) >= 11 is 0. The van der Waals surface area contributed by atoms with Gasteiger partial charge in [-0.2, -0.15) is 17.9 Å². The van der Waals surface area contributed by atoms with E-state index in [4.69, 9.17) is 14.6 Å². The molecule has 1 fully saturated rings. The van der Waals surface area contributed by atoms with Crippen molar-refractivity contribution >= 4 is 43.7 Å². The van der Waals surface area contributed by atoms with E-state index in [0.717, 1.165) is 27.4 Å². The van der Waals surface area contributed by atoms with Crippen LogP contribution >= 0.6 is 0 Å². The lowest BCUT2D eigenvalue weighted by Gasteiger charge is -2.17. The Hall–Kier alpha value is -4.17. The Balaban J connectivity index is 0.000000470. The Morgan fingerprint density at radius 2 is 1.88 bits per heavy atom. The van der Waals surface area contributed by atoms with Crippen LogP contribution in [0.15, 0.2) is 65.8 Å². The molecule has 10 nitrogen and oxygen atoms in total. The first kappa shape index (κ1) is 28.8. The second-order valence-corrected chi connectivity index (χ2v) is 10.7. The lowest BCUT2D eigenvalue weighted by atomic mass is 10.1. The summed E-state index contributed by atoms with van der Waals surface area (Å²) in [7, 11) is -2.28. The third-order valence-electron chi connectivity index (χ3n) is 6.32. The largest absolute Gasteiger partial charge is 0.497 e. The summed E-state index contributed by atoms with van der Waals surface area (Å²) in [5.74, 6) is -2.30. The average molecular weight is 579 g/mol. The van der Waals surface area contributed by atoms with E-state index in [0.29, 0.717) is 31.7 Å². The first-order chi connectivity index (χ1) is 18.9. The van der Waals surface area contributed by atoms with Crippen molar-refractivity contribution in [2.24, 2.45) is 0 Å². The molecule has 1 aliphatic heterocycles. The number of carbonyl (C=O) groups excluding carboxylic acids is 1. The second-order valence-electron chi connectivity index (χ2n) is 8.97. The van der Waals surface area contributed by atoms with E-state index in [2.05, 4.69) is 14.7 Å². The molecule has 14 heteroatoms. The van der Waals surface area contributed by atoms with Gasteiger partial charge in [0.15, 0.2) is 0 Å².